The second-order valence-electron chi connectivity index (χ2n) is 13.1. The van der Waals surface area contributed by atoms with E-state index in [0.717, 1.165) is 37.0 Å². The van der Waals surface area contributed by atoms with Gasteiger partial charge in [-0.15, -0.1) is 0 Å². The summed E-state index contributed by atoms with van der Waals surface area (Å²) in [4.78, 5) is 0. The summed E-state index contributed by atoms with van der Waals surface area (Å²) in [5.41, 5.74) is 0.689. The minimum atomic E-state index is -1.36. The van der Waals surface area contributed by atoms with Gasteiger partial charge in [-0.1, -0.05) is 33.6 Å². The van der Waals surface area contributed by atoms with Crippen molar-refractivity contribution >= 4 is 0 Å². The first kappa shape index (κ1) is 21.4. The fourth-order valence-corrected chi connectivity index (χ4v) is 10.3. The quantitative estimate of drug-likeness (QED) is 0.565. The first-order chi connectivity index (χ1) is 14.8. The summed E-state index contributed by atoms with van der Waals surface area (Å²) in [6.07, 6.45) is 12.8. The number of hydrogen-bond donors (Lipinski definition) is 2. The van der Waals surface area contributed by atoms with E-state index in [2.05, 4.69) is 20.8 Å². The van der Waals surface area contributed by atoms with E-state index in [1.807, 2.05) is 0 Å². The van der Waals surface area contributed by atoms with E-state index in [9.17, 15) is 10.2 Å². The summed E-state index contributed by atoms with van der Waals surface area (Å²) < 4.78 is 13.1. The maximum atomic E-state index is 10.6. The van der Waals surface area contributed by atoms with Crippen LogP contribution >= 0.6 is 0 Å². The normalized spacial score (nSPS) is 58.6. The molecule has 4 heteroatoms. The molecule has 2 unspecified atom stereocenters. The zero-order valence-corrected chi connectivity index (χ0v) is 19.9. The monoisotopic (exact) mass is 432 g/mol. The van der Waals surface area contributed by atoms with E-state index in [1.54, 1.807) is 0 Å². The standard InChI is InChI=1S/C27H44O4/c1-16-9-13-27(30-15-16)23(24(28)29)22-21(31-27)14-20-18-8-7-17-6-4-5-11-25(17,2)19(18)10-12-26(20,22)3/h16-24,28-29H,4-15H2,1-3H3/t16?,17?,18-,19+,20+,21+,22-,23-,25+,26+,27-/m1/s1. The Balaban J connectivity index is 1.31. The molecule has 11 atom stereocenters. The van der Waals surface area contributed by atoms with Crippen molar-refractivity contribution in [1.29, 1.82) is 0 Å². The second kappa shape index (κ2) is 7.17. The van der Waals surface area contributed by atoms with E-state index in [0.29, 0.717) is 23.9 Å². The molecule has 2 N–H and O–H groups in total. The Labute approximate surface area is 188 Å². The summed E-state index contributed by atoms with van der Waals surface area (Å²) in [5.74, 6) is 2.93. The van der Waals surface area contributed by atoms with Crippen molar-refractivity contribution < 1.29 is 19.7 Å². The van der Waals surface area contributed by atoms with E-state index in [1.165, 1.54) is 51.4 Å². The molecule has 0 radical (unpaired) electrons. The van der Waals surface area contributed by atoms with Crippen LogP contribution in [-0.2, 0) is 9.47 Å². The largest absolute Gasteiger partial charge is 0.368 e. The van der Waals surface area contributed by atoms with Gasteiger partial charge in [-0.05, 0) is 91.8 Å². The molecule has 2 saturated heterocycles. The maximum absolute atomic E-state index is 10.6. The van der Waals surface area contributed by atoms with Crippen LogP contribution in [0.3, 0.4) is 0 Å². The Morgan fingerprint density at radius 3 is 2.45 bits per heavy atom. The van der Waals surface area contributed by atoms with Crippen molar-refractivity contribution in [2.24, 2.45) is 52.3 Å². The highest BCUT2D eigenvalue weighted by molar-refractivity contribution is 5.16. The summed E-state index contributed by atoms with van der Waals surface area (Å²) in [6, 6.07) is 0. The zero-order valence-electron chi connectivity index (χ0n) is 19.9. The predicted octanol–water partition coefficient (Wildman–Crippen LogP) is 5.11. The third-order valence-electron chi connectivity index (χ3n) is 11.8. The number of aliphatic hydroxyl groups is 2. The van der Waals surface area contributed by atoms with Crippen LogP contribution in [0.25, 0.3) is 0 Å². The molecule has 2 aliphatic heterocycles. The molecule has 6 fully saturated rings. The molecule has 1 spiro atoms. The average molecular weight is 433 g/mol. The molecule has 6 rings (SSSR count). The van der Waals surface area contributed by atoms with Gasteiger partial charge in [0.1, 0.15) is 0 Å². The smallest absolute Gasteiger partial charge is 0.176 e. The van der Waals surface area contributed by atoms with Gasteiger partial charge in [-0.25, -0.2) is 0 Å². The highest BCUT2D eigenvalue weighted by atomic mass is 16.7. The number of hydrogen-bond acceptors (Lipinski definition) is 4. The van der Waals surface area contributed by atoms with Gasteiger partial charge in [0.2, 0.25) is 0 Å². The van der Waals surface area contributed by atoms with Crippen LogP contribution in [0, 0.1) is 52.3 Å². The molecule has 4 aliphatic carbocycles. The summed E-state index contributed by atoms with van der Waals surface area (Å²) in [6.45, 7) is 8.01. The van der Waals surface area contributed by atoms with E-state index < -0.39 is 12.1 Å². The zero-order chi connectivity index (χ0) is 21.6. The predicted molar refractivity (Wildman–Crippen MR) is 119 cm³/mol. The van der Waals surface area contributed by atoms with Gasteiger partial charge in [-0.3, -0.25) is 0 Å². The topological polar surface area (TPSA) is 58.9 Å². The van der Waals surface area contributed by atoms with Crippen LogP contribution in [-0.4, -0.2) is 35.0 Å². The van der Waals surface area contributed by atoms with Crippen molar-refractivity contribution in [3.8, 4) is 0 Å². The fourth-order valence-electron chi connectivity index (χ4n) is 10.3. The second-order valence-corrected chi connectivity index (χ2v) is 13.1. The van der Waals surface area contributed by atoms with Gasteiger partial charge in [0.05, 0.1) is 18.6 Å². The minimum absolute atomic E-state index is 0.130. The lowest BCUT2D eigenvalue weighted by Gasteiger charge is -2.61. The van der Waals surface area contributed by atoms with E-state index >= 15 is 0 Å². The van der Waals surface area contributed by atoms with Crippen LogP contribution in [0.5, 0.6) is 0 Å². The highest BCUT2D eigenvalue weighted by Crippen LogP contribution is 2.71. The van der Waals surface area contributed by atoms with Crippen LogP contribution in [0.2, 0.25) is 0 Å². The first-order valence-corrected chi connectivity index (χ1v) is 13.5. The van der Waals surface area contributed by atoms with Crippen molar-refractivity contribution in [2.45, 2.75) is 110 Å². The van der Waals surface area contributed by atoms with Gasteiger partial charge in [0.15, 0.2) is 12.1 Å². The Morgan fingerprint density at radius 1 is 0.871 bits per heavy atom. The number of rotatable bonds is 1. The summed E-state index contributed by atoms with van der Waals surface area (Å²) in [7, 11) is 0. The van der Waals surface area contributed by atoms with E-state index in [-0.39, 0.29) is 23.4 Å². The Kier molecular flexibility index (Phi) is 4.94. The van der Waals surface area contributed by atoms with Gasteiger partial charge in [0, 0.05) is 12.3 Å². The third kappa shape index (κ3) is 2.87. The van der Waals surface area contributed by atoms with Gasteiger partial charge in [0.25, 0.3) is 0 Å². The molecule has 0 aromatic rings. The lowest BCUT2D eigenvalue weighted by molar-refractivity contribution is -0.301. The molecule has 31 heavy (non-hydrogen) atoms. The molecule has 4 nitrogen and oxygen atoms in total. The SMILES string of the molecule is CC1CC[C@@]2(OC1)O[C@H]1C[C@H]3[C@@H]4CCC5CCCC[C@]5(C)[C@H]4CC[C@]3(C)[C@H]1[C@@H]2C(O)O. The molecule has 4 saturated carbocycles. The molecule has 0 bridgehead atoms. The molecular weight excluding hydrogens is 388 g/mol. The third-order valence-corrected chi connectivity index (χ3v) is 11.8. The molecule has 176 valence electrons. The van der Waals surface area contributed by atoms with Gasteiger partial charge in [-0.2, -0.15) is 0 Å². The van der Waals surface area contributed by atoms with Crippen molar-refractivity contribution in [2.75, 3.05) is 6.61 Å². The first-order valence-electron chi connectivity index (χ1n) is 13.5. The number of fused-ring (bicyclic) bond motifs is 7. The average Bonchev–Trinajstić information content (AvgIpc) is 3.20. The molecule has 6 aliphatic rings. The molecule has 0 aromatic heterocycles. The molecule has 2 heterocycles. The Bertz CT molecular complexity index is 699. The Hall–Kier alpha value is -0.160. The van der Waals surface area contributed by atoms with Crippen LogP contribution in [0.15, 0.2) is 0 Å². The Morgan fingerprint density at radius 2 is 1.71 bits per heavy atom. The van der Waals surface area contributed by atoms with Crippen LogP contribution in [0.1, 0.15) is 91.4 Å². The van der Waals surface area contributed by atoms with Crippen molar-refractivity contribution in [3.63, 3.8) is 0 Å². The van der Waals surface area contributed by atoms with Crippen molar-refractivity contribution in [1.82, 2.24) is 0 Å². The lowest BCUT2D eigenvalue weighted by atomic mass is 9.44. The van der Waals surface area contributed by atoms with E-state index in [4.69, 9.17) is 9.47 Å². The van der Waals surface area contributed by atoms with Gasteiger partial charge >= 0.3 is 0 Å². The van der Waals surface area contributed by atoms with Crippen LogP contribution < -0.4 is 0 Å². The summed E-state index contributed by atoms with van der Waals surface area (Å²) in [5, 5.41) is 21.2. The molecule has 0 amide bonds. The summed E-state index contributed by atoms with van der Waals surface area (Å²) >= 11 is 0. The minimum Gasteiger partial charge on any atom is -0.368 e. The number of aliphatic hydroxyl groups excluding tert-OH is 1. The van der Waals surface area contributed by atoms with Gasteiger partial charge < -0.3 is 19.7 Å². The lowest BCUT2D eigenvalue weighted by Crippen LogP contribution is -2.56. The molecular formula is C27H44O4. The maximum Gasteiger partial charge on any atom is 0.176 e. The van der Waals surface area contributed by atoms with Crippen LogP contribution in [0.4, 0.5) is 0 Å². The highest BCUT2D eigenvalue weighted by Gasteiger charge is 2.71. The fraction of sp³-hybridized carbons (Fsp3) is 1.00. The molecule has 0 aromatic carbocycles. The number of ether oxygens (including phenoxy) is 2. The van der Waals surface area contributed by atoms with Crippen molar-refractivity contribution in [3.05, 3.63) is 0 Å².